The molecular weight excluding hydrogens is 281 g/mol. The maximum Gasteiger partial charge on any atom is 0.125 e. The normalized spacial score (nSPS) is 16.1. The molecule has 1 aromatic carbocycles. The van der Waals surface area contributed by atoms with Crippen LogP contribution in [0.4, 0.5) is 10.1 Å². The summed E-state index contributed by atoms with van der Waals surface area (Å²) >= 11 is 3.58. The smallest absolute Gasteiger partial charge is 0.125 e. The molecule has 2 rings (SSSR count). The minimum atomic E-state index is -0.124. The Morgan fingerprint density at radius 3 is 3.00 bits per heavy atom. The largest absolute Gasteiger partial charge is 0.371 e. The van der Waals surface area contributed by atoms with Gasteiger partial charge in [-0.05, 0) is 36.5 Å². The molecule has 0 saturated heterocycles. The maximum absolute atomic E-state index is 13.3. The molecule has 94 valence electrons. The molecule has 17 heavy (non-hydrogen) atoms. The Morgan fingerprint density at radius 1 is 1.47 bits per heavy atom. The van der Waals surface area contributed by atoms with Crippen molar-refractivity contribution < 1.29 is 4.39 Å². The van der Waals surface area contributed by atoms with Crippen LogP contribution in [0.25, 0.3) is 0 Å². The fourth-order valence-corrected chi connectivity index (χ4v) is 3.07. The highest BCUT2D eigenvalue weighted by Crippen LogP contribution is 2.30. The van der Waals surface area contributed by atoms with Gasteiger partial charge in [-0.15, -0.1) is 0 Å². The number of hydrogen-bond acceptors (Lipinski definition) is 1. The van der Waals surface area contributed by atoms with E-state index >= 15 is 0 Å². The molecule has 0 bridgehead atoms. The van der Waals surface area contributed by atoms with Crippen molar-refractivity contribution in [3.63, 3.8) is 0 Å². The van der Waals surface area contributed by atoms with E-state index in [0.29, 0.717) is 5.92 Å². The number of alkyl halides is 1. The van der Waals surface area contributed by atoms with E-state index in [4.69, 9.17) is 0 Å². The minimum absolute atomic E-state index is 0.124. The van der Waals surface area contributed by atoms with E-state index in [0.717, 1.165) is 30.5 Å². The molecule has 0 amide bonds. The van der Waals surface area contributed by atoms with Gasteiger partial charge in [-0.1, -0.05) is 35.3 Å². The quantitative estimate of drug-likeness (QED) is 0.743. The number of anilines is 1. The Bertz CT molecular complexity index is 380. The summed E-state index contributed by atoms with van der Waals surface area (Å²) < 4.78 is 13.3. The summed E-state index contributed by atoms with van der Waals surface area (Å²) in [6.07, 6.45) is 3.49. The molecule has 1 aliphatic heterocycles. The molecule has 0 spiro atoms. The Morgan fingerprint density at radius 2 is 2.29 bits per heavy atom. The zero-order valence-corrected chi connectivity index (χ0v) is 11.8. The zero-order valence-electron chi connectivity index (χ0n) is 10.3. The van der Waals surface area contributed by atoms with Crippen LogP contribution in [0.1, 0.15) is 25.3 Å². The monoisotopic (exact) mass is 299 g/mol. The number of halogens is 2. The highest BCUT2D eigenvalue weighted by molar-refractivity contribution is 9.09. The summed E-state index contributed by atoms with van der Waals surface area (Å²) in [5.41, 5.74) is 2.39. The fourth-order valence-electron chi connectivity index (χ4n) is 2.55. The Labute approximate surface area is 111 Å². The van der Waals surface area contributed by atoms with Crippen molar-refractivity contribution in [1.82, 2.24) is 0 Å². The van der Waals surface area contributed by atoms with Crippen LogP contribution in [0, 0.1) is 11.7 Å². The SMILES string of the molecule is CCCC(CBr)CN1CCc2ccc(F)cc21. The standard InChI is InChI=1S/C14H19BrFN/c1-2-3-11(9-15)10-17-7-6-12-4-5-13(16)8-14(12)17/h4-5,8,11H,2-3,6-7,9-10H2,1H3. The van der Waals surface area contributed by atoms with Crippen LogP contribution in [0.3, 0.4) is 0 Å². The van der Waals surface area contributed by atoms with Crippen LogP contribution in [-0.2, 0) is 6.42 Å². The van der Waals surface area contributed by atoms with Crippen LogP contribution < -0.4 is 4.90 Å². The van der Waals surface area contributed by atoms with Gasteiger partial charge >= 0.3 is 0 Å². The summed E-state index contributed by atoms with van der Waals surface area (Å²) in [6, 6.07) is 5.17. The molecule has 1 aromatic rings. The van der Waals surface area contributed by atoms with E-state index < -0.39 is 0 Å². The second kappa shape index (κ2) is 5.85. The van der Waals surface area contributed by atoms with Crippen LogP contribution in [0.2, 0.25) is 0 Å². The van der Waals surface area contributed by atoms with Gasteiger partial charge in [-0.25, -0.2) is 4.39 Å². The molecule has 0 N–H and O–H groups in total. The van der Waals surface area contributed by atoms with Crippen molar-refractivity contribution in [2.24, 2.45) is 5.92 Å². The van der Waals surface area contributed by atoms with Gasteiger partial charge in [-0.2, -0.15) is 0 Å². The first-order valence-corrected chi connectivity index (χ1v) is 7.46. The summed E-state index contributed by atoms with van der Waals surface area (Å²) in [5.74, 6) is 0.538. The van der Waals surface area contributed by atoms with Crippen molar-refractivity contribution in [2.45, 2.75) is 26.2 Å². The van der Waals surface area contributed by atoms with Gasteiger partial charge in [0, 0.05) is 24.1 Å². The zero-order chi connectivity index (χ0) is 12.3. The molecule has 1 unspecified atom stereocenters. The van der Waals surface area contributed by atoms with Gasteiger partial charge in [0.15, 0.2) is 0 Å². The average Bonchev–Trinajstić information content (AvgIpc) is 2.71. The fraction of sp³-hybridized carbons (Fsp3) is 0.571. The van der Waals surface area contributed by atoms with Gasteiger partial charge in [-0.3, -0.25) is 0 Å². The van der Waals surface area contributed by atoms with Gasteiger partial charge in [0.2, 0.25) is 0 Å². The van der Waals surface area contributed by atoms with Gasteiger partial charge in [0.1, 0.15) is 5.82 Å². The topological polar surface area (TPSA) is 3.24 Å². The third kappa shape index (κ3) is 3.01. The van der Waals surface area contributed by atoms with E-state index in [9.17, 15) is 4.39 Å². The molecule has 1 heterocycles. The number of benzene rings is 1. The Balaban J connectivity index is 2.08. The minimum Gasteiger partial charge on any atom is -0.371 e. The van der Waals surface area contributed by atoms with E-state index in [-0.39, 0.29) is 5.82 Å². The number of rotatable bonds is 5. The van der Waals surface area contributed by atoms with Gasteiger partial charge < -0.3 is 4.90 Å². The highest BCUT2D eigenvalue weighted by Gasteiger charge is 2.21. The average molecular weight is 300 g/mol. The third-order valence-corrected chi connectivity index (χ3v) is 4.35. The first kappa shape index (κ1) is 12.9. The van der Waals surface area contributed by atoms with Crippen LogP contribution in [0.15, 0.2) is 18.2 Å². The second-order valence-corrected chi connectivity index (χ2v) is 5.43. The lowest BCUT2D eigenvalue weighted by Crippen LogP contribution is -2.28. The molecular formula is C14H19BrFN. The molecule has 0 aliphatic carbocycles. The number of nitrogens with zero attached hydrogens (tertiary/aromatic N) is 1. The first-order chi connectivity index (χ1) is 8.24. The van der Waals surface area contributed by atoms with Crippen LogP contribution in [-0.4, -0.2) is 18.4 Å². The van der Waals surface area contributed by atoms with E-state index in [2.05, 4.69) is 27.8 Å². The number of hydrogen-bond donors (Lipinski definition) is 0. The lowest BCUT2D eigenvalue weighted by molar-refractivity contribution is 0.527. The van der Waals surface area contributed by atoms with E-state index in [1.54, 1.807) is 12.1 Å². The van der Waals surface area contributed by atoms with Crippen LogP contribution >= 0.6 is 15.9 Å². The van der Waals surface area contributed by atoms with Crippen molar-refractivity contribution in [3.8, 4) is 0 Å². The second-order valence-electron chi connectivity index (χ2n) is 4.78. The molecule has 0 saturated carbocycles. The maximum atomic E-state index is 13.3. The van der Waals surface area contributed by atoms with Gasteiger partial charge in [0.05, 0.1) is 0 Å². The predicted molar refractivity (Wildman–Crippen MR) is 74.5 cm³/mol. The highest BCUT2D eigenvalue weighted by atomic mass is 79.9. The van der Waals surface area contributed by atoms with Crippen molar-refractivity contribution >= 4 is 21.6 Å². The molecule has 1 aliphatic rings. The molecule has 1 nitrogen and oxygen atoms in total. The first-order valence-electron chi connectivity index (χ1n) is 6.34. The summed E-state index contributed by atoms with van der Waals surface area (Å²) in [4.78, 5) is 2.33. The van der Waals surface area contributed by atoms with Crippen molar-refractivity contribution in [3.05, 3.63) is 29.6 Å². The lowest BCUT2D eigenvalue weighted by Gasteiger charge is -2.24. The summed E-state index contributed by atoms with van der Waals surface area (Å²) in [5, 5.41) is 1.03. The molecule has 0 radical (unpaired) electrons. The predicted octanol–water partition coefficient (Wildman–Crippen LogP) is 4.00. The lowest BCUT2D eigenvalue weighted by atomic mass is 10.1. The number of fused-ring (bicyclic) bond motifs is 1. The van der Waals surface area contributed by atoms with E-state index in [1.165, 1.54) is 18.4 Å². The summed E-state index contributed by atoms with van der Waals surface area (Å²) in [7, 11) is 0. The molecule has 0 fully saturated rings. The van der Waals surface area contributed by atoms with Gasteiger partial charge in [0.25, 0.3) is 0 Å². The third-order valence-electron chi connectivity index (χ3n) is 3.43. The Hall–Kier alpha value is -0.570. The molecule has 1 atom stereocenters. The Kier molecular flexibility index (Phi) is 4.43. The van der Waals surface area contributed by atoms with Crippen LogP contribution in [0.5, 0.6) is 0 Å². The van der Waals surface area contributed by atoms with Crippen molar-refractivity contribution in [2.75, 3.05) is 23.3 Å². The van der Waals surface area contributed by atoms with E-state index in [1.807, 2.05) is 6.07 Å². The molecule has 3 heteroatoms. The van der Waals surface area contributed by atoms with Crippen molar-refractivity contribution in [1.29, 1.82) is 0 Å². The molecule has 0 aromatic heterocycles. The summed E-state index contributed by atoms with van der Waals surface area (Å²) in [6.45, 7) is 4.29.